The summed E-state index contributed by atoms with van der Waals surface area (Å²) >= 11 is 0. The molecular formula is C27H20FN3O3S. The van der Waals surface area contributed by atoms with Crippen LogP contribution in [0.4, 0.5) is 4.39 Å². The highest BCUT2D eigenvalue weighted by molar-refractivity contribution is 7.90. The van der Waals surface area contributed by atoms with Crippen LogP contribution in [-0.2, 0) is 15.6 Å². The molecule has 0 atom stereocenters. The fourth-order valence-corrected chi connectivity index (χ4v) is 5.30. The molecule has 0 unspecified atom stereocenters. The summed E-state index contributed by atoms with van der Waals surface area (Å²) in [6, 6.07) is 20.4. The third kappa shape index (κ3) is 4.61. The van der Waals surface area contributed by atoms with Crippen LogP contribution in [0.3, 0.4) is 0 Å². The first kappa shape index (κ1) is 22.6. The van der Waals surface area contributed by atoms with Crippen molar-refractivity contribution in [2.24, 2.45) is 0 Å². The topological polar surface area (TPSA) is 82.0 Å². The number of rotatable bonds is 6. The lowest BCUT2D eigenvalue weighted by molar-refractivity contribution is 0.416. The van der Waals surface area contributed by atoms with Crippen LogP contribution in [0.2, 0.25) is 0 Å². The van der Waals surface area contributed by atoms with Crippen LogP contribution in [0.25, 0.3) is 33.2 Å². The summed E-state index contributed by atoms with van der Waals surface area (Å²) in [5.41, 5.74) is 4.13. The summed E-state index contributed by atoms with van der Waals surface area (Å²) in [5, 5.41) is 0.767. The summed E-state index contributed by atoms with van der Waals surface area (Å²) < 4.78 is 45.4. The van der Waals surface area contributed by atoms with Crippen LogP contribution in [0.1, 0.15) is 5.69 Å². The molecule has 0 saturated heterocycles. The second-order valence-corrected chi connectivity index (χ2v) is 9.91. The first-order chi connectivity index (χ1) is 16.9. The summed E-state index contributed by atoms with van der Waals surface area (Å²) in [6.07, 6.45) is 4.47. The number of sulfone groups is 1. The molecule has 0 spiro atoms. The molecule has 0 aliphatic rings. The molecule has 174 valence electrons. The fraction of sp³-hybridized carbons (Fsp3) is 0.0741. The van der Waals surface area contributed by atoms with Crippen molar-refractivity contribution >= 4 is 20.7 Å². The van der Waals surface area contributed by atoms with Gasteiger partial charge in [-0.25, -0.2) is 22.8 Å². The first-order valence-electron chi connectivity index (χ1n) is 10.8. The third-order valence-corrected chi connectivity index (χ3v) is 7.35. The molecule has 3 aromatic carbocycles. The average molecular weight is 486 g/mol. The van der Waals surface area contributed by atoms with Gasteiger partial charge in [-0.1, -0.05) is 24.3 Å². The number of methoxy groups -OCH3 is 1. The van der Waals surface area contributed by atoms with Gasteiger partial charge < -0.3 is 4.74 Å². The lowest BCUT2D eigenvalue weighted by atomic mass is 9.96. The van der Waals surface area contributed by atoms with Crippen LogP contribution in [-0.4, -0.2) is 30.5 Å². The van der Waals surface area contributed by atoms with E-state index in [1.54, 1.807) is 43.6 Å². The molecule has 0 aliphatic heterocycles. The Morgan fingerprint density at radius 3 is 2.49 bits per heavy atom. The molecule has 6 nitrogen and oxygen atoms in total. The van der Waals surface area contributed by atoms with Crippen molar-refractivity contribution in [3.8, 4) is 28.0 Å². The number of hydrogen-bond donors (Lipinski definition) is 0. The number of aromatic nitrogens is 3. The molecule has 5 aromatic rings. The lowest BCUT2D eigenvalue weighted by Gasteiger charge is -2.14. The second kappa shape index (κ2) is 9.23. The minimum Gasteiger partial charge on any atom is -0.496 e. The Labute approximate surface area is 202 Å². The zero-order valence-corrected chi connectivity index (χ0v) is 19.5. The van der Waals surface area contributed by atoms with Crippen LogP contribution in [0.5, 0.6) is 5.75 Å². The highest BCUT2D eigenvalue weighted by Gasteiger charge is 2.19. The van der Waals surface area contributed by atoms with Gasteiger partial charge in [0.2, 0.25) is 0 Å². The fourth-order valence-electron chi connectivity index (χ4n) is 4.00. The van der Waals surface area contributed by atoms with E-state index in [2.05, 4.69) is 15.0 Å². The molecule has 5 rings (SSSR count). The Morgan fingerprint density at radius 2 is 1.71 bits per heavy atom. The summed E-state index contributed by atoms with van der Waals surface area (Å²) in [5.74, 6) is 0.0903. The molecule has 0 bridgehead atoms. The summed E-state index contributed by atoms with van der Waals surface area (Å²) in [4.78, 5) is 12.4. The summed E-state index contributed by atoms with van der Waals surface area (Å²) in [7, 11) is -2.05. The third-order valence-electron chi connectivity index (χ3n) is 5.70. The molecule has 0 saturated carbocycles. The van der Waals surface area contributed by atoms with Gasteiger partial charge in [-0.15, -0.1) is 0 Å². The monoisotopic (exact) mass is 485 g/mol. The Kier molecular flexibility index (Phi) is 5.96. The Hall–Kier alpha value is -4.17. The molecule has 0 radical (unpaired) electrons. The molecular weight excluding hydrogens is 465 g/mol. The van der Waals surface area contributed by atoms with Crippen molar-refractivity contribution in [1.29, 1.82) is 0 Å². The SMILES string of the molecule is COc1ccc(-c2cccc(F)c2)cc1-c1ccnc2cc(S(=O)(=O)Cc3ccncn3)ccc12. The number of halogens is 1. The van der Waals surface area contributed by atoms with E-state index in [4.69, 9.17) is 4.74 Å². The van der Waals surface area contributed by atoms with E-state index < -0.39 is 9.84 Å². The van der Waals surface area contributed by atoms with E-state index in [0.717, 1.165) is 27.6 Å². The molecule has 35 heavy (non-hydrogen) atoms. The van der Waals surface area contributed by atoms with E-state index in [0.29, 0.717) is 17.0 Å². The maximum atomic E-state index is 13.8. The van der Waals surface area contributed by atoms with Gasteiger partial charge in [0.1, 0.15) is 17.9 Å². The van der Waals surface area contributed by atoms with Gasteiger partial charge in [-0.05, 0) is 65.2 Å². The molecule has 0 N–H and O–H groups in total. The summed E-state index contributed by atoms with van der Waals surface area (Å²) in [6.45, 7) is 0. The van der Waals surface area contributed by atoms with Gasteiger partial charge in [0.05, 0.1) is 29.0 Å². The van der Waals surface area contributed by atoms with Crippen molar-refractivity contribution in [3.63, 3.8) is 0 Å². The maximum absolute atomic E-state index is 13.8. The van der Waals surface area contributed by atoms with E-state index in [1.165, 1.54) is 24.7 Å². The quantitative estimate of drug-likeness (QED) is 0.317. The number of ether oxygens (including phenoxy) is 1. The zero-order chi connectivity index (χ0) is 24.4. The highest BCUT2D eigenvalue weighted by Crippen LogP contribution is 2.38. The molecule has 2 heterocycles. The number of benzene rings is 3. The van der Waals surface area contributed by atoms with Gasteiger partial charge in [0.25, 0.3) is 0 Å². The minimum absolute atomic E-state index is 0.161. The Morgan fingerprint density at radius 1 is 0.857 bits per heavy atom. The molecule has 8 heteroatoms. The Bertz CT molecular complexity index is 1640. The lowest BCUT2D eigenvalue weighted by Crippen LogP contribution is -2.06. The van der Waals surface area contributed by atoms with Gasteiger partial charge in [-0.3, -0.25) is 4.98 Å². The standard InChI is InChI=1S/C27H20FN3O3S/c1-34-27-8-5-19(18-3-2-4-20(28)13-18)14-25(27)23-10-12-30-26-15-22(6-7-24(23)26)35(32,33)16-21-9-11-29-17-31-21/h2-15,17H,16H2,1H3. The van der Waals surface area contributed by atoms with Crippen LogP contribution < -0.4 is 4.74 Å². The molecule has 0 fully saturated rings. The maximum Gasteiger partial charge on any atom is 0.184 e. The minimum atomic E-state index is -3.63. The molecule has 0 aliphatic carbocycles. The van der Waals surface area contributed by atoms with E-state index in [1.807, 2.05) is 30.3 Å². The van der Waals surface area contributed by atoms with Crippen LogP contribution in [0.15, 0.2) is 96.4 Å². The largest absolute Gasteiger partial charge is 0.496 e. The predicted octanol–water partition coefficient (Wildman–Crippen LogP) is 5.48. The van der Waals surface area contributed by atoms with E-state index in [9.17, 15) is 12.8 Å². The van der Waals surface area contributed by atoms with Crippen LogP contribution in [0, 0.1) is 5.82 Å². The van der Waals surface area contributed by atoms with Gasteiger partial charge in [0.15, 0.2) is 9.84 Å². The van der Waals surface area contributed by atoms with Crippen molar-refractivity contribution < 1.29 is 17.5 Å². The average Bonchev–Trinajstić information content (AvgIpc) is 2.88. The van der Waals surface area contributed by atoms with Crippen molar-refractivity contribution in [1.82, 2.24) is 15.0 Å². The van der Waals surface area contributed by atoms with Crippen molar-refractivity contribution in [2.45, 2.75) is 10.6 Å². The Balaban J connectivity index is 1.60. The number of pyridine rings is 1. The zero-order valence-electron chi connectivity index (χ0n) is 18.7. The van der Waals surface area contributed by atoms with Gasteiger partial charge in [0, 0.05) is 23.3 Å². The van der Waals surface area contributed by atoms with E-state index >= 15 is 0 Å². The predicted molar refractivity (Wildman–Crippen MR) is 132 cm³/mol. The van der Waals surface area contributed by atoms with Crippen molar-refractivity contribution in [2.75, 3.05) is 7.11 Å². The molecule has 2 aromatic heterocycles. The number of hydrogen-bond acceptors (Lipinski definition) is 6. The van der Waals surface area contributed by atoms with Crippen molar-refractivity contribution in [3.05, 3.63) is 103 Å². The smallest absolute Gasteiger partial charge is 0.184 e. The van der Waals surface area contributed by atoms with E-state index in [-0.39, 0.29) is 16.5 Å². The normalized spacial score (nSPS) is 11.5. The second-order valence-electron chi connectivity index (χ2n) is 7.92. The number of fused-ring (bicyclic) bond motifs is 1. The first-order valence-corrected chi connectivity index (χ1v) is 12.4. The molecule has 0 amide bonds. The van der Waals surface area contributed by atoms with Crippen LogP contribution >= 0.6 is 0 Å². The highest BCUT2D eigenvalue weighted by atomic mass is 32.2. The van der Waals surface area contributed by atoms with Gasteiger partial charge >= 0.3 is 0 Å². The number of nitrogens with zero attached hydrogens (tertiary/aromatic N) is 3. The van der Waals surface area contributed by atoms with Gasteiger partial charge in [-0.2, -0.15) is 0 Å².